The molecule has 102 valence electrons. The maximum atomic E-state index is 11.3. The summed E-state index contributed by atoms with van der Waals surface area (Å²) in [7, 11) is 1.34. The molecule has 0 aliphatic rings. The van der Waals surface area contributed by atoms with Gasteiger partial charge in [0.05, 0.1) is 23.6 Å². The van der Waals surface area contributed by atoms with Crippen molar-refractivity contribution < 1.29 is 13.9 Å². The van der Waals surface area contributed by atoms with Crippen molar-refractivity contribution >= 4 is 28.9 Å². The van der Waals surface area contributed by atoms with Crippen LogP contribution in [0.25, 0.3) is 0 Å². The van der Waals surface area contributed by atoms with Crippen molar-refractivity contribution in [1.82, 2.24) is 5.32 Å². The first-order chi connectivity index (χ1) is 9.10. The van der Waals surface area contributed by atoms with Gasteiger partial charge in [-0.2, -0.15) is 0 Å². The van der Waals surface area contributed by atoms with E-state index in [2.05, 4.69) is 10.1 Å². The minimum Gasteiger partial charge on any atom is -0.467 e. The van der Waals surface area contributed by atoms with Gasteiger partial charge in [-0.3, -0.25) is 0 Å². The van der Waals surface area contributed by atoms with E-state index in [1.807, 2.05) is 19.1 Å². The van der Waals surface area contributed by atoms with Crippen molar-refractivity contribution in [3.8, 4) is 0 Å². The summed E-state index contributed by atoms with van der Waals surface area (Å²) in [6.07, 6.45) is 1.40. The molecule has 2 rings (SSSR count). The number of carbonyl (C=O) groups excluding carboxylic acids is 1. The molecule has 0 aliphatic heterocycles. The summed E-state index contributed by atoms with van der Waals surface area (Å²) in [5.41, 5.74) is 0.422. The lowest BCUT2D eigenvalue weighted by Crippen LogP contribution is -2.16. The van der Waals surface area contributed by atoms with Crippen LogP contribution in [0.2, 0.25) is 4.34 Å². The van der Waals surface area contributed by atoms with Gasteiger partial charge < -0.3 is 14.5 Å². The summed E-state index contributed by atoms with van der Waals surface area (Å²) in [5.74, 6) is 0.294. The van der Waals surface area contributed by atoms with Gasteiger partial charge in [0.1, 0.15) is 12.0 Å². The number of ether oxygens (including phenoxy) is 1. The third kappa shape index (κ3) is 3.59. The van der Waals surface area contributed by atoms with Crippen LogP contribution in [0.1, 0.15) is 34.0 Å². The summed E-state index contributed by atoms with van der Waals surface area (Å²) >= 11 is 7.44. The van der Waals surface area contributed by atoms with Crippen molar-refractivity contribution in [2.75, 3.05) is 7.11 Å². The SMILES string of the molecule is COC(=O)c1coc(CNC(C)c2ccc(Cl)s2)c1. The highest BCUT2D eigenvalue weighted by atomic mass is 35.5. The zero-order valence-corrected chi connectivity index (χ0v) is 12.2. The summed E-state index contributed by atoms with van der Waals surface area (Å²) in [5, 5.41) is 3.30. The quantitative estimate of drug-likeness (QED) is 0.857. The Labute approximate surface area is 120 Å². The standard InChI is InChI=1S/C13H14ClNO3S/c1-8(11-3-4-12(14)19-11)15-6-10-5-9(7-18-10)13(16)17-2/h3-5,7-8,15H,6H2,1-2H3. The largest absolute Gasteiger partial charge is 0.467 e. The van der Waals surface area contributed by atoms with Crippen LogP contribution in [0.3, 0.4) is 0 Å². The van der Waals surface area contributed by atoms with Gasteiger partial charge in [0.2, 0.25) is 0 Å². The number of hydrogen-bond donors (Lipinski definition) is 1. The first kappa shape index (κ1) is 14.1. The fraction of sp³-hybridized carbons (Fsp3) is 0.308. The smallest absolute Gasteiger partial charge is 0.341 e. The number of nitrogens with one attached hydrogen (secondary N) is 1. The molecule has 0 saturated heterocycles. The third-order valence-electron chi connectivity index (χ3n) is 2.68. The molecule has 2 aromatic rings. The van der Waals surface area contributed by atoms with Crippen LogP contribution >= 0.6 is 22.9 Å². The molecule has 6 heteroatoms. The fourth-order valence-corrected chi connectivity index (χ4v) is 2.70. The van der Waals surface area contributed by atoms with Gasteiger partial charge in [-0.25, -0.2) is 4.79 Å². The number of furan rings is 1. The van der Waals surface area contributed by atoms with Gasteiger partial charge in [0.25, 0.3) is 0 Å². The predicted molar refractivity (Wildman–Crippen MR) is 74.6 cm³/mol. The molecule has 2 heterocycles. The Bertz CT molecular complexity index is 564. The molecular weight excluding hydrogens is 286 g/mol. The number of hydrogen-bond acceptors (Lipinski definition) is 5. The minimum absolute atomic E-state index is 0.171. The molecule has 0 aliphatic carbocycles. The minimum atomic E-state index is -0.395. The molecular formula is C13H14ClNO3S. The van der Waals surface area contributed by atoms with E-state index in [1.54, 1.807) is 17.4 Å². The van der Waals surface area contributed by atoms with E-state index in [4.69, 9.17) is 16.0 Å². The Kier molecular flexibility index (Phi) is 4.63. The summed E-state index contributed by atoms with van der Waals surface area (Å²) < 4.78 is 10.7. The molecule has 0 bridgehead atoms. The molecule has 0 spiro atoms. The molecule has 0 radical (unpaired) electrons. The van der Waals surface area contributed by atoms with Gasteiger partial charge >= 0.3 is 5.97 Å². The van der Waals surface area contributed by atoms with Crippen LogP contribution in [0.5, 0.6) is 0 Å². The van der Waals surface area contributed by atoms with Crippen molar-refractivity contribution in [2.45, 2.75) is 19.5 Å². The number of rotatable bonds is 5. The van der Waals surface area contributed by atoms with Crippen LogP contribution in [0.15, 0.2) is 28.9 Å². The van der Waals surface area contributed by atoms with E-state index in [1.165, 1.54) is 13.4 Å². The van der Waals surface area contributed by atoms with Crippen LogP contribution < -0.4 is 5.32 Å². The predicted octanol–water partition coefficient (Wildman–Crippen LogP) is 3.63. The van der Waals surface area contributed by atoms with Crippen molar-refractivity contribution in [3.05, 3.63) is 45.0 Å². The molecule has 1 N–H and O–H groups in total. The first-order valence-corrected chi connectivity index (χ1v) is 6.94. The molecule has 4 nitrogen and oxygen atoms in total. The maximum absolute atomic E-state index is 11.3. The number of thiophene rings is 1. The topological polar surface area (TPSA) is 51.5 Å². The van der Waals surface area contributed by atoms with Gasteiger partial charge in [-0.05, 0) is 25.1 Å². The second kappa shape index (κ2) is 6.23. The molecule has 0 saturated carbocycles. The lowest BCUT2D eigenvalue weighted by Gasteiger charge is -2.10. The van der Waals surface area contributed by atoms with E-state index in [0.29, 0.717) is 17.9 Å². The number of halogens is 1. The second-order valence-corrected chi connectivity index (χ2v) is 5.78. The Hall–Kier alpha value is -1.30. The highest BCUT2D eigenvalue weighted by Gasteiger charge is 2.12. The molecule has 0 amide bonds. The highest BCUT2D eigenvalue weighted by Crippen LogP contribution is 2.26. The monoisotopic (exact) mass is 299 g/mol. The summed E-state index contributed by atoms with van der Waals surface area (Å²) in [6, 6.07) is 5.71. The number of methoxy groups -OCH3 is 1. The Morgan fingerprint density at radius 2 is 2.37 bits per heavy atom. The van der Waals surface area contributed by atoms with Gasteiger partial charge in [0.15, 0.2) is 0 Å². The Balaban J connectivity index is 1.91. The lowest BCUT2D eigenvalue weighted by atomic mass is 10.2. The average Bonchev–Trinajstić information content (AvgIpc) is 3.04. The zero-order chi connectivity index (χ0) is 13.8. The van der Waals surface area contributed by atoms with E-state index < -0.39 is 5.97 Å². The van der Waals surface area contributed by atoms with E-state index in [9.17, 15) is 4.79 Å². The molecule has 19 heavy (non-hydrogen) atoms. The summed E-state index contributed by atoms with van der Waals surface area (Å²) in [6.45, 7) is 2.58. The molecule has 0 aromatic carbocycles. The van der Waals surface area contributed by atoms with Crippen LogP contribution in [-0.4, -0.2) is 13.1 Å². The molecule has 1 atom stereocenters. The van der Waals surface area contributed by atoms with Crippen LogP contribution in [-0.2, 0) is 11.3 Å². The lowest BCUT2D eigenvalue weighted by molar-refractivity contribution is 0.0600. The van der Waals surface area contributed by atoms with E-state index >= 15 is 0 Å². The molecule has 0 fully saturated rings. The second-order valence-electron chi connectivity index (χ2n) is 4.04. The van der Waals surface area contributed by atoms with Crippen LogP contribution in [0.4, 0.5) is 0 Å². The van der Waals surface area contributed by atoms with Crippen molar-refractivity contribution in [2.24, 2.45) is 0 Å². The normalized spacial score (nSPS) is 12.4. The van der Waals surface area contributed by atoms with Crippen molar-refractivity contribution in [3.63, 3.8) is 0 Å². The fourth-order valence-electron chi connectivity index (χ4n) is 1.61. The van der Waals surface area contributed by atoms with Gasteiger partial charge in [-0.15, -0.1) is 11.3 Å². The molecule has 2 aromatic heterocycles. The Morgan fingerprint density at radius 3 is 3.00 bits per heavy atom. The summed E-state index contributed by atoms with van der Waals surface area (Å²) in [4.78, 5) is 12.4. The van der Waals surface area contributed by atoms with Crippen LogP contribution in [0, 0.1) is 0 Å². The van der Waals surface area contributed by atoms with E-state index in [0.717, 1.165) is 9.21 Å². The number of esters is 1. The number of carbonyl (C=O) groups is 1. The highest BCUT2D eigenvalue weighted by molar-refractivity contribution is 7.16. The van der Waals surface area contributed by atoms with E-state index in [-0.39, 0.29) is 6.04 Å². The third-order valence-corrected chi connectivity index (χ3v) is 4.09. The van der Waals surface area contributed by atoms with Crippen molar-refractivity contribution in [1.29, 1.82) is 0 Å². The van der Waals surface area contributed by atoms with Gasteiger partial charge in [0, 0.05) is 10.9 Å². The average molecular weight is 300 g/mol. The van der Waals surface area contributed by atoms with Gasteiger partial charge in [-0.1, -0.05) is 11.6 Å². The Morgan fingerprint density at radius 1 is 1.58 bits per heavy atom. The molecule has 1 unspecified atom stereocenters. The first-order valence-electron chi connectivity index (χ1n) is 5.74. The zero-order valence-electron chi connectivity index (χ0n) is 10.6. The maximum Gasteiger partial charge on any atom is 0.341 e.